The maximum atomic E-state index is 4.22. The topological polar surface area (TPSA) is 12.9 Å². The molecule has 2 rings (SSSR count). The Morgan fingerprint density at radius 2 is 1.92 bits per heavy atom. The number of hydrogen-bond donors (Lipinski definition) is 0. The lowest BCUT2D eigenvalue weighted by molar-refractivity contribution is 1.26. The van der Waals surface area contributed by atoms with Crippen LogP contribution in [0.2, 0.25) is 0 Å². The molecule has 1 nitrogen and oxygen atoms in total. The van der Waals surface area contributed by atoms with Crippen LogP contribution in [0.3, 0.4) is 0 Å². The number of aromatic nitrogens is 1. The van der Waals surface area contributed by atoms with E-state index >= 15 is 0 Å². The standard InChI is InChI=1S/C11H10N/c1-8-7-12-11-6-4-3-5-10(11)9(8)2/h3-6H,1-2H3. The molecule has 0 amide bonds. The van der Waals surface area contributed by atoms with Crippen molar-refractivity contribution in [2.24, 2.45) is 0 Å². The minimum absolute atomic E-state index is 1.03. The number of pyridine rings is 1. The van der Waals surface area contributed by atoms with Gasteiger partial charge in [-0.3, -0.25) is 0 Å². The molecule has 0 aliphatic carbocycles. The number of nitrogens with zero attached hydrogens (tertiary/aromatic N) is 1. The van der Waals surface area contributed by atoms with Crippen LogP contribution in [0.15, 0.2) is 24.3 Å². The smallest absolute Gasteiger partial charge is 0.0928 e. The van der Waals surface area contributed by atoms with E-state index in [0.29, 0.717) is 0 Å². The molecule has 0 unspecified atom stereocenters. The van der Waals surface area contributed by atoms with Gasteiger partial charge in [-0.1, -0.05) is 18.2 Å². The fourth-order valence-corrected chi connectivity index (χ4v) is 1.32. The van der Waals surface area contributed by atoms with Gasteiger partial charge in [0.25, 0.3) is 0 Å². The number of fused-ring (bicyclic) bond motifs is 1. The lowest BCUT2D eigenvalue weighted by Gasteiger charge is -2.02. The molecule has 0 spiro atoms. The van der Waals surface area contributed by atoms with E-state index in [1.807, 2.05) is 25.1 Å². The van der Waals surface area contributed by atoms with Gasteiger partial charge in [-0.2, -0.15) is 0 Å². The second-order valence-corrected chi connectivity index (χ2v) is 2.99. The third kappa shape index (κ3) is 0.981. The largest absolute Gasteiger partial charge is 0.246 e. The average molecular weight is 156 g/mol. The van der Waals surface area contributed by atoms with Crippen LogP contribution in [-0.2, 0) is 0 Å². The lowest BCUT2D eigenvalue weighted by Crippen LogP contribution is -1.86. The highest BCUT2D eigenvalue weighted by Gasteiger charge is 1.99. The van der Waals surface area contributed by atoms with Gasteiger partial charge in [0, 0.05) is 5.39 Å². The van der Waals surface area contributed by atoms with Crippen LogP contribution in [0.5, 0.6) is 0 Å². The van der Waals surface area contributed by atoms with E-state index in [2.05, 4.69) is 24.2 Å². The summed E-state index contributed by atoms with van der Waals surface area (Å²) in [4.78, 5) is 4.22. The van der Waals surface area contributed by atoms with E-state index in [0.717, 1.165) is 11.1 Å². The second-order valence-electron chi connectivity index (χ2n) is 2.99. The zero-order valence-corrected chi connectivity index (χ0v) is 7.26. The minimum atomic E-state index is 1.03. The molecule has 1 heterocycles. The Morgan fingerprint density at radius 3 is 2.75 bits per heavy atom. The Bertz CT molecular complexity index is 418. The summed E-state index contributed by atoms with van der Waals surface area (Å²) in [6.07, 6.45) is 2.99. The van der Waals surface area contributed by atoms with E-state index in [4.69, 9.17) is 0 Å². The number of benzene rings is 1. The first-order valence-corrected chi connectivity index (χ1v) is 4.02. The first kappa shape index (κ1) is 7.29. The van der Waals surface area contributed by atoms with E-state index in [-0.39, 0.29) is 0 Å². The van der Waals surface area contributed by atoms with Crippen molar-refractivity contribution in [1.82, 2.24) is 4.98 Å². The van der Waals surface area contributed by atoms with Crippen LogP contribution >= 0.6 is 0 Å². The van der Waals surface area contributed by atoms with Gasteiger partial charge in [-0.05, 0) is 31.0 Å². The Labute approximate surface area is 72.1 Å². The van der Waals surface area contributed by atoms with E-state index < -0.39 is 0 Å². The molecule has 0 saturated carbocycles. The van der Waals surface area contributed by atoms with Crippen LogP contribution in [0, 0.1) is 20.0 Å². The molecular weight excluding hydrogens is 146 g/mol. The molecule has 1 heteroatoms. The van der Waals surface area contributed by atoms with Gasteiger partial charge in [0.05, 0.1) is 11.7 Å². The predicted molar refractivity (Wildman–Crippen MR) is 50.1 cm³/mol. The Hall–Kier alpha value is -1.37. The third-order valence-electron chi connectivity index (χ3n) is 2.21. The number of para-hydroxylation sites is 1. The van der Waals surface area contributed by atoms with Crippen molar-refractivity contribution in [3.05, 3.63) is 41.6 Å². The molecule has 0 aliphatic heterocycles. The number of hydrogen-bond acceptors (Lipinski definition) is 1. The maximum Gasteiger partial charge on any atom is 0.0928 e. The van der Waals surface area contributed by atoms with Gasteiger partial charge in [0.1, 0.15) is 0 Å². The van der Waals surface area contributed by atoms with Crippen molar-refractivity contribution in [2.75, 3.05) is 0 Å². The van der Waals surface area contributed by atoms with Gasteiger partial charge in [0.2, 0.25) is 0 Å². The second kappa shape index (κ2) is 2.59. The molecule has 12 heavy (non-hydrogen) atoms. The van der Waals surface area contributed by atoms with E-state index in [9.17, 15) is 0 Å². The molecule has 2 aromatic rings. The molecule has 0 atom stereocenters. The van der Waals surface area contributed by atoms with Crippen molar-refractivity contribution >= 4 is 10.9 Å². The van der Waals surface area contributed by atoms with E-state index in [1.165, 1.54) is 10.9 Å². The molecule has 1 radical (unpaired) electrons. The predicted octanol–water partition coefficient (Wildman–Crippen LogP) is 2.65. The highest BCUT2D eigenvalue weighted by atomic mass is 14.6. The van der Waals surface area contributed by atoms with Gasteiger partial charge in [0.15, 0.2) is 0 Å². The molecule has 0 saturated heterocycles. The van der Waals surface area contributed by atoms with Gasteiger partial charge in [-0.25, -0.2) is 4.98 Å². The number of rotatable bonds is 0. The summed E-state index contributed by atoms with van der Waals surface area (Å²) in [5, 5.41) is 1.23. The Morgan fingerprint density at radius 1 is 1.17 bits per heavy atom. The fraction of sp³-hybridized carbons (Fsp3) is 0.182. The molecule has 1 aromatic heterocycles. The molecule has 0 bridgehead atoms. The average Bonchev–Trinajstić information content (AvgIpc) is 2.12. The highest BCUT2D eigenvalue weighted by molar-refractivity contribution is 5.82. The van der Waals surface area contributed by atoms with Crippen molar-refractivity contribution in [3.8, 4) is 0 Å². The summed E-state index contributed by atoms with van der Waals surface area (Å²) >= 11 is 0. The summed E-state index contributed by atoms with van der Waals surface area (Å²) in [6, 6.07) is 8.14. The fourth-order valence-electron chi connectivity index (χ4n) is 1.32. The van der Waals surface area contributed by atoms with E-state index in [1.54, 1.807) is 0 Å². The summed E-state index contributed by atoms with van der Waals surface area (Å²) in [6.45, 7) is 4.14. The van der Waals surface area contributed by atoms with Gasteiger partial charge in [-0.15, -0.1) is 0 Å². The maximum absolute atomic E-state index is 4.22. The molecular formula is C11H10N. The quantitative estimate of drug-likeness (QED) is 0.571. The van der Waals surface area contributed by atoms with Crippen molar-refractivity contribution in [2.45, 2.75) is 13.8 Å². The SMILES string of the molecule is Cc1[c]nc2ccccc2c1C. The van der Waals surface area contributed by atoms with Crippen molar-refractivity contribution in [3.63, 3.8) is 0 Å². The summed E-state index contributed by atoms with van der Waals surface area (Å²) in [7, 11) is 0. The first-order chi connectivity index (χ1) is 5.79. The normalized spacial score (nSPS) is 10.5. The summed E-state index contributed by atoms with van der Waals surface area (Å²) < 4.78 is 0. The number of aryl methyl sites for hydroxylation is 2. The zero-order chi connectivity index (χ0) is 8.55. The monoisotopic (exact) mass is 156 g/mol. The van der Waals surface area contributed by atoms with Crippen LogP contribution in [-0.4, -0.2) is 4.98 Å². The Balaban J connectivity index is 2.91. The molecule has 1 aromatic carbocycles. The molecule has 59 valence electrons. The van der Waals surface area contributed by atoms with Crippen LogP contribution in [0.1, 0.15) is 11.1 Å². The molecule has 0 fully saturated rings. The lowest BCUT2D eigenvalue weighted by atomic mass is 10.1. The van der Waals surface area contributed by atoms with Crippen LogP contribution in [0.25, 0.3) is 10.9 Å². The minimum Gasteiger partial charge on any atom is -0.246 e. The Kier molecular flexibility index (Phi) is 1.58. The zero-order valence-electron chi connectivity index (χ0n) is 7.26. The van der Waals surface area contributed by atoms with Crippen LogP contribution in [0.4, 0.5) is 0 Å². The van der Waals surface area contributed by atoms with Gasteiger partial charge >= 0.3 is 0 Å². The summed E-state index contributed by atoms with van der Waals surface area (Å²) in [5.74, 6) is 0. The van der Waals surface area contributed by atoms with Gasteiger partial charge < -0.3 is 0 Å². The van der Waals surface area contributed by atoms with Crippen LogP contribution < -0.4 is 0 Å². The van der Waals surface area contributed by atoms with Crippen molar-refractivity contribution < 1.29 is 0 Å². The third-order valence-corrected chi connectivity index (χ3v) is 2.21. The van der Waals surface area contributed by atoms with Crippen molar-refractivity contribution in [1.29, 1.82) is 0 Å². The molecule has 0 N–H and O–H groups in total. The first-order valence-electron chi connectivity index (χ1n) is 4.02. The summed E-state index contributed by atoms with van der Waals surface area (Å²) in [5.41, 5.74) is 3.44. The molecule has 0 aliphatic rings. The highest BCUT2D eigenvalue weighted by Crippen LogP contribution is 2.17.